The second kappa shape index (κ2) is 6.23. The molecule has 3 N–H and O–H groups in total. The first-order chi connectivity index (χ1) is 10.1. The largest absolute Gasteiger partial charge is 0.493 e. The Labute approximate surface area is 119 Å². The summed E-state index contributed by atoms with van der Waals surface area (Å²) in [6.07, 6.45) is 0. The van der Waals surface area contributed by atoms with Gasteiger partial charge >= 0.3 is 0 Å². The van der Waals surface area contributed by atoms with Crippen LogP contribution in [0.2, 0.25) is 0 Å². The minimum Gasteiger partial charge on any atom is -0.493 e. The number of pyridine rings is 1. The fourth-order valence-corrected chi connectivity index (χ4v) is 1.64. The lowest BCUT2D eigenvalue weighted by Crippen LogP contribution is -2.11. The molecule has 0 unspecified atom stereocenters. The third-order valence-corrected chi connectivity index (χ3v) is 2.62. The number of hydrazine groups is 1. The summed E-state index contributed by atoms with van der Waals surface area (Å²) in [5, 5.41) is 0. The normalized spacial score (nSPS) is 10.1. The molecular weight excluding hydrogens is 284 g/mol. The monoisotopic (exact) mass is 297 g/mol. The van der Waals surface area contributed by atoms with Gasteiger partial charge in [0.05, 0.1) is 14.2 Å². The number of nitrogens with two attached hydrogens (primary N) is 1. The molecule has 0 atom stereocenters. The highest BCUT2D eigenvalue weighted by molar-refractivity contribution is 5.53. The van der Waals surface area contributed by atoms with Crippen LogP contribution < -0.4 is 25.5 Å². The van der Waals surface area contributed by atoms with Crippen molar-refractivity contribution in [1.29, 1.82) is 0 Å². The first kappa shape index (κ1) is 14.8. The van der Waals surface area contributed by atoms with E-state index in [-0.39, 0.29) is 11.6 Å². The molecule has 112 valence electrons. The number of halogens is 2. The molecule has 0 saturated carbocycles. The van der Waals surface area contributed by atoms with E-state index in [1.807, 2.05) is 5.43 Å². The molecule has 8 heteroatoms. The van der Waals surface area contributed by atoms with Crippen LogP contribution in [0.1, 0.15) is 0 Å². The maximum Gasteiger partial charge on any atom is 0.258 e. The number of benzene rings is 1. The lowest BCUT2D eigenvalue weighted by Gasteiger charge is -2.14. The average molecular weight is 297 g/mol. The number of para-hydroxylation sites is 1. The summed E-state index contributed by atoms with van der Waals surface area (Å²) in [5.41, 5.74) is 2.01. The molecule has 0 spiro atoms. The van der Waals surface area contributed by atoms with Crippen LogP contribution in [0, 0.1) is 11.6 Å². The van der Waals surface area contributed by atoms with Crippen molar-refractivity contribution in [2.75, 3.05) is 19.6 Å². The zero-order chi connectivity index (χ0) is 15.4. The van der Waals surface area contributed by atoms with E-state index in [1.165, 1.54) is 14.2 Å². The highest BCUT2D eigenvalue weighted by Crippen LogP contribution is 2.40. The van der Waals surface area contributed by atoms with Crippen molar-refractivity contribution in [2.24, 2.45) is 5.84 Å². The van der Waals surface area contributed by atoms with Crippen LogP contribution in [0.4, 0.5) is 14.6 Å². The highest BCUT2D eigenvalue weighted by Gasteiger charge is 2.18. The van der Waals surface area contributed by atoms with Gasteiger partial charge < -0.3 is 19.6 Å². The van der Waals surface area contributed by atoms with E-state index in [0.717, 1.165) is 0 Å². The Hall–Kier alpha value is -2.61. The Balaban J connectivity index is 2.47. The van der Waals surface area contributed by atoms with Gasteiger partial charge in [-0.3, -0.25) is 0 Å². The molecule has 1 aromatic heterocycles. The van der Waals surface area contributed by atoms with E-state index in [4.69, 9.17) is 20.1 Å². The zero-order valence-electron chi connectivity index (χ0n) is 11.3. The highest BCUT2D eigenvalue weighted by atomic mass is 19.1. The van der Waals surface area contributed by atoms with Gasteiger partial charge in [0.1, 0.15) is 0 Å². The Morgan fingerprint density at radius 3 is 2.24 bits per heavy atom. The summed E-state index contributed by atoms with van der Waals surface area (Å²) < 4.78 is 42.6. The minimum absolute atomic E-state index is 0.114. The zero-order valence-corrected chi connectivity index (χ0v) is 11.3. The maximum atomic E-state index is 13.7. The van der Waals surface area contributed by atoms with Gasteiger partial charge in [0.15, 0.2) is 29.0 Å². The van der Waals surface area contributed by atoms with Crippen LogP contribution in [-0.2, 0) is 0 Å². The summed E-state index contributed by atoms with van der Waals surface area (Å²) in [7, 11) is 2.84. The van der Waals surface area contributed by atoms with Crippen LogP contribution in [-0.4, -0.2) is 19.2 Å². The molecule has 2 aromatic rings. The van der Waals surface area contributed by atoms with Gasteiger partial charge in [-0.1, -0.05) is 6.07 Å². The van der Waals surface area contributed by atoms with Crippen molar-refractivity contribution in [3.8, 4) is 23.1 Å². The second-order valence-corrected chi connectivity index (χ2v) is 3.84. The molecule has 2 rings (SSSR count). The molecule has 0 fully saturated rings. The van der Waals surface area contributed by atoms with Crippen LogP contribution >= 0.6 is 0 Å². The second-order valence-electron chi connectivity index (χ2n) is 3.84. The molecule has 0 aliphatic rings. The van der Waals surface area contributed by atoms with E-state index in [1.54, 1.807) is 18.2 Å². The van der Waals surface area contributed by atoms with Crippen molar-refractivity contribution in [3.05, 3.63) is 35.9 Å². The number of anilines is 1. The predicted octanol–water partition coefficient (Wildman–Crippen LogP) is 2.45. The van der Waals surface area contributed by atoms with E-state index in [0.29, 0.717) is 17.6 Å². The molecule has 21 heavy (non-hydrogen) atoms. The van der Waals surface area contributed by atoms with Crippen LogP contribution in [0.3, 0.4) is 0 Å². The summed E-state index contributed by atoms with van der Waals surface area (Å²) in [6, 6.07) is 5.48. The third-order valence-electron chi connectivity index (χ3n) is 2.62. The molecule has 0 aliphatic heterocycles. The van der Waals surface area contributed by atoms with Crippen molar-refractivity contribution in [1.82, 2.24) is 4.98 Å². The number of ether oxygens (including phenoxy) is 3. The average Bonchev–Trinajstić information content (AvgIpc) is 2.49. The standard InChI is InChI=1S/C13H13F2N3O3/c1-19-9-4-3-5-10(20-2)11(9)21-13-8(15)6-7(14)12(17-13)18-16/h3-6H,16H2,1-2H3,(H,17,18). The van der Waals surface area contributed by atoms with Gasteiger partial charge in [-0.2, -0.15) is 4.98 Å². The summed E-state index contributed by atoms with van der Waals surface area (Å²) in [6.45, 7) is 0. The number of nitrogens with one attached hydrogen (secondary N) is 1. The SMILES string of the molecule is COc1cccc(OC)c1Oc1nc(NN)c(F)cc1F. The van der Waals surface area contributed by atoms with Crippen molar-refractivity contribution in [3.63, 3.8) is 0 Å². The molecule has 0 aliphatic carbocycles. The molecule has 0 bridgehead atoms. The van der Waals surface area contributed by atoms with Gasteiger partial charge in [-0.15, -0.1) is 0 Å². The van der Waals surface area contributed by atoms with Gasteiger partial charge in [-0.05, 0) is 12.1 Å². The molecule has 6 nitrogen and oxygen atoms in total. The van der Waals surface area contributed by atoms with Crippen molar-refractivity contribution in [2.45, 2.75) is 0 Å². The van der Waals surface area contributed by atoms with E-state index in [2.05, 4.69) is 4.98 Å². The topological polar surface area (TPSA) is 78.6 Å². The van der Waals surface area contributed by atoms with Crippen LogP contribution in [0.15, 0.2) is 24.3 Å². The van der Waals surface area contributed by atoms with E-state index < -0.39 is 17.5 Å². The van der Waals surface area contributed by atoms with E-state index in [9.17, 15) is 8.78 Å². The Bertz CT molecular complexity index is 631. The predicted molar refractivity (Wildman–Crippen MR) is 71.6 cm³/mol. The first-order valence-corrected chi connectivity index (χ1v) is 5.82. The summed E-state index contributed by atoms with van der Waals surface area (Å²) in [4.78, 5) is 3.62. The number of aromatic nitrogens is 1. The summed E-state index contributed by atoms with van der Waals surface area (Å²) >= 11 is 0. The maximum absolute atomic E-state index is 13.7. The Kier molecular flexibility index (Phi) is 4.39. The molecule has 1 aromatic carbocycles. The number of hydrogen-bond donors (Lipinski definition) is 2. The fourth-order valence-electron chi connectivity index (χ4n) is 1.64. The van der Waals surface area contributed by atoms with Crippen LogP contribution in [0.25, 0.3) is 0 Å². The lowest BCUT2D eigenvalue weighted by molar-refractivity contribution is 0.333. The number of methoxy groups -OCH3 is 2. The van der Waals surface area contributed by atoms with Crippen molar-refractivity contribution >= 4 is 5.82 Å². The molecule has 1 heterocycles. The molecule has 0 amide bonds. The fraction of sp³-hybridized carbons (Fsp3) is 0.154. The van der Waals surface area contributed by atoms with E-state index >= 15 is 0 Å². The van der Waals surface area contributed by atoms with Gasteiger partial charge in [0.2, 0.25) is 5.75 Å². The molecular formula is C13H13F2N3O3. The number of nitrogen functional groups attached to an aromatic ring is 1. The number of rotatable bonds is 5. The third kappa shape index (κ3) is 2.95. The van der Waals surface area contributed by atoms with Crippen LogP contribution in [0.5, 0.6) is 23.1 Å². The molecule has 0 saturated heterocycles. The molecule has 0 radical (unpaired) electrons. The van der Waals surface area contributed by atoms with Gasteiger partial charge in [-0.25, -0.2) is 14.6 Å². The lowest BCUT2D eigenvalue weighted by atomic mass is 10.3. The quantitative estimate of drug-likeness (QED) is 0.652. The Morgan fingerprint density at radius 2 is 1.71 bits per heavy atom. The first-order valence-electron chi connectivity index (χ1n) is 5.82. The van der Waals surface area contributed by atoms with Gasteiger partial charge in [0.25, 0.3) is 5.88 Å². The number of hydrogen-bond acceptors (Lipinski definition) is 6. The number of nitrogens with zero attached hydrogens (tertiary/aromatic N) is 1. The van der Waals surface area contributed by atoms with Gasteiger partial charge in [0, 0.05) is 6.07 Å². The van der Waals surface area contributed by atoms with Crippen molar-refractivity contribution < 1.29 is 23.0 Å². The summed E-state index contributed by atoms with van der Waals surface area (Å²) in [5.74, 6) is 3.09. The minimum atomic E-state index is -0.987. The smallest absolute Gasteiger partial charge is 0.258 e. The Morgan fingerprint density at radius 1 is 1.10 bits per heavy atom.